The minimum Gasteiger partial charge on any atom is -0.360 e. The Balaban J connectivity index is 1.47. The number of aromatic nitrogens is 3. The first-order valence-electron chi connectivity index (χ1n) is 10.3. The lowest BCUT2D eigenvalue weighted by molar-refractivity contribution is -0.137. The van der Waals surface area contributed by atoms with Crippen LogP contribution in [0.4, 0.5) is 18.3 Å². The minimum atomic E-state index is -4.34. The number of alkyl halides is 3. The van der Waals surface area contributed by atoms with Gasteiger partial charge < -0.3 is 11.1 Å². The van der Waals surface area contributed by atoms with Gasteiger partial charge in [-0.15, -0.1) is 0 Å². The second-order valence-electron chi connectivity index (χ2n) is 7.68. The quantitative estimate of drug-likeness (QED) is 0.332. The average Bonchev–Trinajstić information content (AvgIpc) is 3.35. The van der Waals surface area contributed by atoms with Gasteiger partial charge >= 0.3 is 6.18 Å². The molecule has 0 radical (unpaired) electrons. The van der Waals surface area contributed by atoms with Gasteiger partial charge in [-0.3, -0.25) is 5.10 Å². The summed E-state index contributed by atoms with van der Waals surface area (Å²) in [6.07, 6.45) is -3.90. The summed E-state index contributed by atoms with van der Waals surface area (Å²) in [5.41, 5.74) is 9.87. The summed E-state index contributed by atoms with van der Waals surface area (Å²) >= 11 is 1.49. The molecule has 1 atom stereocenters. The van der Waals surface area contributed by atoms with Gasteiger partial charge in [-0.1, -0.05) is 35.5 Å². The van der Waals surface area contributed by atoms with Crippen LogP contribution in [0, 0.1) is 18.8 Å². The van der Waals surface area contributed by atoms with Crippen LogP contribution < -0.4 is 11.1 Å². The molecule has 0 spiro atoms. The molecule has 5 nitrogen and oxygen atoms in total. The van der Waals surface area contributed by atoms with Gasteiger partial charge in [0.05, 0.1) is 21.7 Å². The van der Waals surface area contributed by atoms with Crippen molar-refractivity contribution < 1.29 is 13.2 Å². The third-order valence-electron chi connectivity index (χ3n) is 5.18. The zero-order valence-corrected chi connectivity index (χ0v) is 18.9. The molecule has 0 amide bonds. The van der Waals surface area contributed by atoms with Crippen LogP contribution in [0.15, 0.2) is 42.5 Å². The van der Waals surface area contributed by atoms with E-state index < -0.39 is 11.7 Å². The van der Waals surface area contributed by atoms with Gasteiger partial charge in [0.25, 0.3) is 0 Å². The second kappa shape index (κ2) is 9.25. The highest BCUT2D eigenvalue weighted by atomic mass is 32.1. The van der Waals surface area contributed by atoms with E-state index in [0.29, 0.717) is 23.8 Å². The topological polar surface area (TPSA) is 79.6 Å². The molecule has 0 saturated carbocycles. The summed E-state index contributed by atoms with van der Waals surface area (Å²) in [6, 6.07) is 10.9. The lowest BCUT2D eigenvalue weighted by Crippen LogP contribution is -2.31. The Morgan fingerprint density at radius 1 is 1.18 bits per heavy atom. The lowest BCUT2D eigenvalue weighted by atomic mass is 10.0. The number of nitrogens with two attached hydrogens (primary N) is 1. The molecule has 4 aromatic rings. The molecule has 9 heteroatoms. The van der Waals surface area contributed by atoms with Crippen LogP contribution in [0.3, 0.4) is 0 Å². The average molecular weight is 470 g/mol. The molecular weight excluding hydrogens is 447 g/mol. The number of aromatic amines is 1. The highest BCUT2D eigenvalue weighted by Gasteiger charge is 2.30. The van der Waals surface area contributed by atoms with Crippen LogP contribution in [0.1, 0.15) is 29.4 Å². The van der Waals surface area contributed by atoms with Crippen molar-refractivity contribution in [3.05, 3.63) is 65.0 Å². The number of rotatable bonds is 6. The van der Waals surface area contributed by atoms with Crippen molar-refractivity contribution in [2.45, 2.75) is 32.5 Å². The molecule has 0 saturated heterocycles. The first-order chi connectivity index (χ1) is 15.7. The summed E-state index contributed by atoms with van der Waals surface area (Å²) in [4.78, 5) is 5.56. The molecule has 2 heterocycles. The monoisotopic (exact) mass is 469 g/mol. The van der Waals surface area contributed by atoms with Crippen molar-refractivity contribution in [2.24, 2.45) is 5.73 Å². The minimum absolute atomic E-state index is 0.292. The van der Waals surface area contributed by atoms with Crippen LogP contribution in [-0.4, -0.2) is 27.8 Å². The van der Waals surface area contributed by atoms with Crippen LogP contribution in [0.2, 0.25) is 0 Å². The van der Waals surface area contributed by atoms with Crippen molar-refractivity contribution in [3.8, 4) is 22.3 Å². The molecule has 2 aromatic heterocycles. The Labute approximate surface area is 193 Å². The Morgan fingerprint density at radius 3 is 2.64 bits per heavy atom. The number of H-pyrrole nitrogens is 1. The fourth-order valence-electron chi connectivity index (χ4n) is 3.50. The van der Waals surface area contributed by atoms with E-state index >= 15 is 0 Å². The van der Waals surface area contributed by atoms with Crippen LogP contribution in [-0.2, 0) is 12.6 Å². The number of hydrogen-bond donors (Lipinski definition) is 3. The smallest absolute Gasteiger partial charge is 0.360 e. The van der Waals surface area contributed by atoms with E-state index in [-0.39, 0.29) is 6.04 Å². The third-order valence-corrected chi connectivity index (χ3v) is 6.24. The van der Waals surface area contributed by atoms with Gasteiger partial charge in [-0.2, -0.15) is 18.3 Å². The normalized spacial score (nSPS) is 12.4. The van der Waals surface area contributed by atoms with Gasteiger partial charge in [0.15, 0.2) is 5.13 Å². The van der Waals surface area contributed by atoms with E-state index in [4.69, 9.17) is 5.73 Å². The molecule has 33 heavy (non-hydrogen) atoms. The zero-order valence-electron chi connectivity index (χ0n) is 18.0. The zero-order chi connectivity index (χ0) is 23.6. The number of nitrogens with one attached hydrogen (secondary N) is 2. The number of hydrogen-bond acceptors (Lipinski definition) is 5. The number of nitrogens with zero attached hydrogens (tertiary/aromatic N) is 2. The molecule has 170 valence electrons. The molecule has 2 aromatic carbocycles. The maximum absolute atomic E-state index is 12.7. The summed E-state index contributed by atoms with van der Waals surface area (Å²) in [5.74, 6) is 5.97. The van der Waals surface area contributed by atoms with Crippen LogP contribution >= 0.6 is 11.3 Å². The first-order valence-corrected chi connectivity index (χ1v) is 11.1. The van der Waals surface area contributed by atoms with Crippen molar-refractivity contribution in [2.75, 3.05) is 11.9 Å². The predicted octanol–water partition coefficient (Wildman–Crippen LogP) is 5.37. The standard InChI is InChI=1S/C24H22F3N5S/c1-3-4-21-22(16-7-10-20-19(12-16)14(2)31-32-20)33-23(30-21)29-13-18(28)11-15-5-8-17(9-6-15)24(25,26)27/h5-10,12,18H,11,13,28H2,1-2H3,(H,29,30)(H,31,32)/t18-/m1/s1. The Bertz CT molecular complexity index is 1330. The molecule has 4 rings (SSSR count). The molecule has 0 bridgehead atoms. The van der Waals surface area contributed by atoms with E-state index in [1.54, 1.807) is 6.92 Å². The van der Waals surface area contributed by atoms with E-state index in [1.165, 1.54) is 23.5 Å². The molecular formula is C24H22F3N5S. The summed E-state index contributed by atoms with van der Waals surface area (Å²) < 4.78 is 38.2. The van der Waals surface area contributed by atoms with Gasteiger partial charge in [0, 0.05) is 18.0 Å². The summed E-state index contributed by atoms with van der Waals surface area (Å²) in [5, 5.41) is 12.2. The fourth-order valence-corrected chi connectivity index (χ4v) is 4.43. The Kier molecular flexibility index (Phi) is 6.40. The second-order valence-corrected chi connectivity index (χ2v) is 8.68. The van der Waals surface area contributed by atoms with Gasteiger partial charge in [0.2, 0.25) is 0 Å². The highest BCUT2D eigenvalue weighted by Crippen LogP contribution is 2.35. The van der Waals surface area contributed by atoms with Gasteiger partial charge in [0.1, 0.15) is 5.69 Å². The molecule has 0 aliphatic heterocycles. The maximum atomic E-state index is 12.7. The number of benzene rings is 2. The van der Waals surface area contributed by atoms with Crippen molar-refractivity contribution in [1.82, 2.24) is 15.2 Å². The fraction of sp³-hybridized carbons (Fsp3) is 0.250. The molecule has 0 fully saturated rings. The molecule has 0 aliphatic carbocycles. The summed E-state index contributed by atoms with van der Waals surface area (Å²) in [7, 11) is 0. The number of anilines is 1. The molecule has 0 unspecified atom stereocenters. The Morgan fingerprint density at radius 2 is 1.94 bits per heavy atom. The van der Waals surface area contributed by atoms with E-state index in [0.717, 1.165) is 44.7 Å². The number of aryl methyl sites for hydroxylation is 1. The van der Waals surface area contributed by atoms with Crippen LogP contribution in [0.25, 0.3) is 21.3 Å². The maximum Gasteiger partial charge on any atom is 0.416 e. The van der Waals surface area contributed by atoms with Crippen molar-refractivity contribution in [3.63, 3.8) is 0 Å². The number of thiazole rings is 1. The van der Waals surface area contributed by atoms with E-state index in [1.807, 2.05) is 19.1 Å². The summed E-state index contributed by atoms with van der Waals surface area (Å²) in [6.45, 7) is 4.14. The Hall–Kier alpha value is -3.35. The number of halogens is 3. The van der Waals surface area contributed by atoms with E-state index in [2.05, 4.69) is 38.4 Å². The van der Waals surface area contributed by atoms with Gasteiger partial charge in [-0.25, -0.2) is 4.98 Å². The van der Waals surface area contributed by atoms with Gasteiger partial charge in [-0.05, 0) is 61.6 Å². The van der Waals surface area contributed by atoms with Crippen LogP contribution in [0.5, 0.6) is 0 Å². The van der Waals surface area contributed by atoms with E-state index in [9.17, 15) is 13.2 Å². The SMILES string of the molecule is CC#Cc1nc(NC[C@H](N)Cc2ccc(C(F)(F)F)cc2)sc1-c1ccc2[nH]nc(C)c2c1. The van der Waals surface area contributed by atoms with Crippen molar-refractivity contribution in [1.29, 1.82) is 0 Å². The molecule has 0 aliphatic rings. The predicted molar refractivity (Wildman–Crippen MR) is 126 cm³/mol. The highest BCUT2D eigenvalue weighted by molar-refractivity contribution is 7.19. The first kappa shape index (κ1) is 22.8. The molecule has 4 N–H and O–H groups in total. The largest absolute Gasteiger partial charge is 0.416 e. The van der Waals surface area contributed by atoms with Crippen molar-refractivity contribution >= 4 is 27.4 Å². The number of fused-ring (bicyclic) bond motifs is 1. The third kappa shape index (κ3) is 5.18. The lowest BCUT2D eigenvalue weighted by Gasteiger charge is -2.13.